The van der Waals surface area contributed by atoms with Crippen molar-refractivity contribution < 1.29 is 4.39 Å². The Morgan fingerprint density at radius 1 is 1.18 bits per heavy atom. The quantitative estimate of drug-likeness (QED) is 0.889. The van der Waals surface area contributed by atoms with Crippen molar-refractivity contribution in [3.63, 3.8) is 0 Å². The van der Waals surface area contributed by atoms with E-state index in [0.29, 0.717) is 12.5 Å². The lowest BCUT2D eigenvalue weighted by Gasteiger charge is -2.15. The summed E-state index contributed by atoms with van der Waals surface area (Å²) in [6.07, 6.45) is 1.10. The van der Waals surface area contributed by atoms with Crippen LogP contribution in [0.5, 0.6) is 0 Å². The number of rotatable bonds is 3. The first-order chi connectivity index (χ1) is 10.2. The van der Waals surface area contributed by atoms with E-state index in [1.807, 2.05) is 12.1 Å². The molecule has 1 aliphatic heterocycles. The highest BCUT2D eigenvalue weighted by Gasteiger charge is 2.14. The topological polar surface area (TPSA) is 24.1 Å². The van der Waals surface area contributed by atoms with Crippen LogP contribution in [0.4, 0.5) is 10.1 Å². The lowest BCUT2D eigenvalue weighted by Crippen LogP contribution is -2.18. The van der Waals surface area contributed by atoms with Crippen molar-refractivity contribution in [2.75, 3.05) is 18.4 Å². The molecule has 2 aromatic carbocycles. The van der Waals surface area contributed by atoms with Gasteiger partial charge in [0.15, 0.2) is 0 Å². The lowest BCUT2D eigenvalue weighted by molar-refractivity contribution is 0.627. The van der Waals surface area contributed by atoms with Gasteiger partial charge in [0.05, 0.1) is 0 Å². The SMILES string of the molecule is CC1CNCCc2ccc(NCc3ccc(F)cc3)cc21.Cl. The molecular formula is C18H22ClFN2. The first kappa shape index (κ1) is 16.8. The van der Waals surface area contributed by atoms with E-state index in [4.69, 9.17) is 0 Å². The minimum atomic E-state index is -0.190. The number of hydrogen-bond donors (Lipinski definition) is 2. The number of fused-ring (bicyclic) bond motifs is 1. The van der Waals surface area contributed by atoms with E-state index in [2.05, 4.69) is 35.8 Å². The van der Waals surface area contributed by atoms with Gasteiger partial charge in [-0.05, 0) is 59.8 Å². The van der Waals surface area contributed by atoms with Crippen LogP contribution in [0.3, 0.4) is 0 Å². The predicted octanol–water partition coefficient (Wildman–Crippen LogP) is 4.11. The second-order valence-corrected chi connectivity index (χ2v) is 5.75. The highest BCUT2D eigenvalue weighted by Crippen LogP contribution is 2.26. The molecule has 0 saturated carbocycles. The van der Waals surface area contributed by atoms with Crippen molar-refractivity contribution in [3.05, 3.63) is 65.0 Å². The van der Waals surface area contributed by atoms with Gasteiger partial charge in [-0.15, -0.1) is 12.4 Å². The zero-order chi connectivity index (χ0) is 14.7. The summed E-state index contributed by atoms with van der Waals surface area (Å²) in [7, 11) is 0. The molecule has 3 rings (SSSR count). The van der Waals surface area contributed by atoms with E-state index in [9.17, 15) is 4.39 Å². The fourth-order valence-corrected chi connectivity index (χ4v) is 2.85. The Labute approximate surface area is 137 Å². The third-order valence-electron chi connectivity index (χ3n) is 4.11. The highest BCUT2D eigenvalue weighted by molar-refractivity contribution is 5.85. The molecule has 22 heavy (non-hydrogen) atoms. The summed E-state index contributed by atoms with van der Waals surface area (Å²) in [6, 6.07) is 13.3. The third kappa shape index (κ3) is 3.99. The van der Waals surface area contributed by atoms with Crippen LogP contribution in [0.25, 0.3) is 0 Å². The van der Waals surface area contributed by atoms with Gasteiger partial charge >= 0.3 is 0 Å². The van der Waals surface area contributed by atoms with Gasteiger partial charge in [-0.3, -0.25) is 0 Å². The van der Waals surface area contributed by atoms with Gasteiger partial charge in [-0.2, -0.15) is 0 Å². The van der Waals surface area contributed by atoms with E-state index >= 15 is 0 Å². The Morgan fingerprint density at radius 2 is 1.95 bits per heavy atom. The molecule has 0 radical (unpaired) electrons. The number of hydrogen-bond acceptors (Lipinski definition) is 2. The molecule has 118 valence electrons. The molecule has 0 aliphatic carbocycles. The maximum Gasteiger partial charge on any atom is 0.123 e. The first-order valence-corrected chi connectivity index (χ1v) is 7.54. The summed E-state index contributed by atoms with van der Waals surface area (Å²) in [4.78, 5) is 0. The summed E-state index contributed by atoms with van der Waals surface area (Å²) in [5.41, 5.74) is 5.09. The number of nitrogens with one attached hydrogen (secondary N) is 2. The zero-order valence-corrected chi connectivity index (χ0v) is 13.5. The largest absolute Gasteiger partial charge is 0.381 e. The van der Waals surface area contributed by atoms with Crippen molar-refractivity contribution in [2.45, 2.75) is 25.8 Å². The molecular weight excluding hydrogens is 299 g/mol. The van der Waals surface area contributed by atoms with Crippen LogP contribution in [0.2, 0.25) is 0 Å². The number of benzene rings is 2. The lowest BCUT2D eigenvalue weighted by atomic mass is 9.95. The van der Waals surface area contributed by atoms with E-state index in [0.717, 1.165) is 30.8 Å². The van der Waals surface area contributed by atoms with Gasteiger partial charge in [0, 0.05) is 18.8 Å². The monoisotopic (exact) mass is 320 g/mol. The van der Waals surface area contributed by atoms with E-state index < -0.39 is 0 Å². The van der Waals surface area contributed by atoms with Crippen molar-refractivity contribution >= 4 is 18.1 Å². The average molecular weight is 321 g/mol. The predicted molar refractivity (Wildman–Crippen MR) is 92.4 cm³/mol. The van der Waals surface area contributed by atoms with Crippen LogP contribution in [0.1, 0.15) is 29.5 Å². The Balaban J connectivity index is 0.00000176. The fourth-order valence-electron chi connectivity index (χ4n) is 2.85. The molecule has 0 bridgehead atoms. The maximum atomic E-state index is 12.9. The summed E-state index contributed by atoms with van der Waals surface area (Å²) < 4.78 is 12.9. The van der Waals surface area contributed by atoms with Crippen LogP contribution in [0, 0.1) is 5.82 Å². The minimum absolute atomic E-state index is 0. The standard InChI is InChI=1S/C18H21FN2.ClH/c1-13-11-20-9-8-15-4-7-17(10-18(13)15)21-12-14-2-5-16(19)6-3-14;/h2-7,10,13,20-21H,8-9,11-12H2,1H3;1H. The number of halogens is 2. The zero-order valence-electron chi connectivity index (χ0n) is 12.7. The van der Waals surface area contributed by atoms with E-state index in [1.54, 1.807) is 0 Å². The van der Waals surface area contributed by atoms with Gasteiger partial charge in [-0.1, -0.05) is 25.1 Å². The van der Waals surface area contributed by atoms with Gasteiger partial charge < -0.3 is 10.6 Å². The van der Waals surface area contributed by atoms with Gasteiger partial charge in [0.2, 0.25) is 0 Å². The second-order valence-electron chi connectivity index (χ2n) is 5.75. The third-order valence-corrected chi connectivity index (χ3v) is 4.11. The van der Waals surface area contributed by atoms with Crippen LogP contribution < -0.4 is 10.6 Å². The Kier molecular flexibility index (Phi) is 5.81. The molecule has 1 unspecified atom stereocenters. The van der Waals surface area contributed by atoms with Gasteiger partial charge in [0.1, 0.15) is 5.82 Å². The molecule has 4 heteroatoms. The Bertz CT molecular complexity index is 613. The smallest absolute Gasteiger partial charge is 0.123 e. The van der Waals surface area contributed by atoms with Crippen LogP contribution in [0.15, 0.2) is 42.5 Å². The van der Waals surface area contributed by atoms with Crippen molar-refractivity contribution in [1.82, 2.24) is 5.32 Å². The molecule has 0 amide bonds. The van der Waals surface area contributed by atoms with Crippen molar-refractivity contribution in [1.29, 1.82) is 0 Å². The molecule has 2 N–H and O–H groups in total. The van der Waals surface area contributed by atoms with Crippen LogP contribution in [-0.2, 0) is 13.0 Å². The van der Waals surface area contributed by atoms with Crippen molar-refractivity contribution in [2.24, 2.45) is 0 Å². The molecule has 0 spiro atoms. The minimum Gasteiger partial charge on any atom is -0.381 e. The van der Waals surface area contributed by atoms with Gasteiger partial charge in [-0.25, -0.2) is 4.39 Å². The highest BCUT2D eigenvalue weighted by atomic mass is 35.5. The molecule has 0 fully saturated rings. The Morgan fingerprint density at radius 3 is 2.73 bits per heavy atom. The summed E-state index contributed by atoms with van der Waals surface area (Å²) in [5.74, 6) is 0.347. The molecule has 0 aromatic heterocycles. The van der Waals surface area contributed by atoms with Crippen molar-refractivity contribution in [3.8, 4) is 0 Å². The molecule has 1 heterocycles. The first-order valence-electron chi connectivity index (χ1n) is 7.54. The fraction of sp³-hybridized carbons (Fsp3) is 0.333. The molecule has 1 aliphatic rings. The molecule has 2 aromatic rings. The van der Waals surface area contributed by atoms with E-state index in [-0.39, 0.29) is 18.2 Å². The summed E-state index contributed by atoms with van der Waals surface area (Å²) >= 11 is 0. The van der Waals surface area contributed by atoms with Crippen LogP contribution in [-0.4, -0.2) is 13.1 Å². The molecule has 0 saturated heterocycles. The maximum absolute atomic E-state index is 12.9. The molecule has 2 nitrogen and oxygen atoms in total. The average Bonchev–Trinajstić information content (AvgIpc) is 2.69. The number of anilines is 1. The van der Waals surface area contributed by atoms with Gasteiger partial charge in [0.25, 0.3) is 0 Å². The normalized spacial score (nSPS) is 17.1. The summed E-state index contributed by atoms with van der Waals surface area (Å²) in [6.45, 7) is 5.07. The second kappa shape index (κ2) is 7.61. The van der Waals surface area contributed by atoms with Crippen LogP contribution >= 0.6 is 12.4 Å². The summed E-state index contributed by atoms with van der Waals surface area (Å²) in [5, 5.41) is 6.90. The molecule has 1 atom stereocenters. The van der Waals surface area contributed by atoms with E-state index in [1.165, 1.54) is 23.3 Å². The Hall–Kier alpha value is -1.58.